The molecule has 2 heteroatoms. The molecule has 1 aromatic carbocycles. The van der Waals surface area contributed by atoms with E-state index in [9.17, 15) is 0 Å². The van der Waals surface area contributed by atoms with Crippen molar-refractivity contribution >= 4 is 9.47 Å². The van der Waals surface area contributed by atoms with Crippen molar-refractivity contribution in [2.75, 3.05) is 0 Å². The average molecular weight is 125 g/mol. The first kappa shape index (κ1) is 5.58. The van der Waals surface area contributed by atoms with Crippen LogP contribution >= 0.6 is 9.47 Å². The standard InChI is InChI=1S/C6H6OP/c8-7-6-4-2-1-3-5-6/h1-5,8H. The van der Waals surface area contributed by atoms with Gasteiger partial charge >= 0.3 is 0 Å². The van der Waals surface area contributed by atoms with Gasteiger partial charge in [0.25, 0.3) is 0 Å². The smallest absolute Gasteiger partial charge is 0.135 e. The molecule has 0 aliphatic rings. The van der Waals surface area contributed by atoms with Crippen LogP contribution in [0.15, 0.2) is 30.3 Å². The van der Waals surface area contributed by atoms with E-state index in [0.29, 0.717) is 0 Å². The molecule has 0 fully saturated rings. The highest BCUT2D eigenvalue weighted by molar-refractivity contribution is 7.10. The van der Waals surface area contributed by atoms with E-state index in [1.165, 1.54) is 0 Å². The monoisotopic (exact) mass is 125 g/mol. The van der Waals surface area contributed by atoms with E-state index in [0.717, 1.165) is 5.75 Å². The van der Waals surface area contributed by atoms with Gasteiger partial charge < -0.3 is 4.52 Å². The molecule has 8 heavy (non-hydrogen) atoms. The summed E-state index contributed by atoms with van der Waals surface area (Å²) in [6.45, 7) is 0. The van der Waals surface area contributed by atoms with Crippen LogP contribution in [0, 0.1) is 0 Å². The fourth-order valence-electron chi connectivity index (χ4n) is 0.489. The summed E-state index contributed by atoms with van der Waals surface area (Å²) in [6, 6.07) is 9.50. The maximum absolute atomic E-state index is 4.72. The molecule has 41 valence electrons. The Morgan fingerprint density at radius 3 is 2.12 bits per heavy atom. The zero-order chi connectivity index (χ0) is 5.82. The lowest BCUT2D eigenvalue weighted by atomic mass is 10.3. The lowest BCUT2D eigenvalue weighted by Gasteiger charge is -1.92. The summed E-state index contributed by atoms with van der Waals surface area (Å²) in [5.74, 6) is 0.823. The van der Waals surface area contributed by atoms with Crippen LogP contribution in [0.25, 0.3) is 0 Å². The first-order chi connectivity index (χ1) is 3.93. The van der Waals surface area contributed by atoms with Gasteiger partial charge in [-0.25, -0.2) is 0 Å². The van der Waals surface area contributed by atoms with Crippen molar-refractivity contribution in [1.29, 1.82) is 0 Å². The highest BCUT2D eigenvalue weighted by Gasteiger charge is 1.80. The SMILES string of the molecule is [PH]Oc1ccccc1. The Morgan fingerprint density at radius 1 is 1.12 bits per heavy atom. The molecular weight excluding hydrogens is 119 g/mol. The second-order valence-corrected chi connectivity index (χ2v) is 1.62. The molecule has 0 bridgehead atoms. The molecule has 0 aromatic heterocycles. The van der Waals surface area contributed by atoms with E-state index in [4.69, 9.17) is 4.52 Å². The van der Waals surface area contributed by atoms with Gasteiger partial charge in [-0.05, 0) is 12.1 Å². The molecule has 1 nitrogen and oxygen atoms in total. The molecule has 0 aliphatic heterocycles. The van der Waals surface area contributed by atoms with Crippen molar-refractivity contribution in [1.82, 2.24) is 0 Å². The van der Waals surface area contributed by atoms with Crippen LogP contribution in [0.1, 0.15) is 0 Å². The molecule has 1 rings (SSSR count). The van der Waals surface area contributed by atoms with E-state index < -0.39 is 0 Å². The van der Waals surface area contributed by atoms with Gasteiger partial charge in [0.1, 0.15) is 15.2 Å². The minimum Gasteiger partial charge on any atom is -0.470 e. The molecule has 0 saturated carbocycles. The van der Waals surface area contributed by atoms with Crippen LogP contribution in [0.2, 0.25) is 0 Å². The third kappa shape index (κ3) is 1.21. The Labute approximate surface area is 51.0 Å². The summed E-state index contributed by atoms with van der Waals surface area (Å²) in [7, 11) is 2.90. The molecule has 1 aromatic rings. The Hall–Kier alpha value is -0.550. The third-order valence-electron chi connectivity index (χ3n) is 0.861. The quantitative estimate of drug-likeness (QED) is 0.522. The number of hydrogen-bond acceptors (Lipinski definition) is 1. The zero-order valence-corrected chi connectivity index (χ0v) is 5.29. The van der Waals surface area contributed by atoms with Crippen LogP contribution < -0.4 is 4.52 Å². The van der Waals surface area contributed by atoms with Crippen molar-refractivity contribution in [3.63, 3.8) is 0 Å². The predicted molar refractivity (Wildman–Crippen MR) is 35.4 cm³/mol. The molecule has 0 heterocycles. The molecule has 0 unspecified atom stereocenters. The van der Waals surface area contributed by atoms with E-state index in [1.54, 1.807) is 0 Å². The van der Waals surface area contributed by atoms with Crippen LogP contribution in [0.5, 0.6) is 5.75 Å². The van der Waals surface area contributed by atoms with Gasteiger partial charge in [0, 0.05) is 0 Å². The van der Waals surface area contributed by atoms with Crippen LogP contribution in [0.4, 0.5) is 0 Å². The van der Waals surface area contributed by atoms with Gasteiger partial charge in [-0.1, -0.05) is 18.2 Å². The minimum absolute atomic E-state index is 0.823. The summed E-state index contributed by atoms with van der Waals surface area (Å²) < 4.78 is 4.72. The number of hydrogen-bond donors (Lipinski definition) is 0. The zero-order valence-electron chi connectivity index (χ0n) is 4.29. The van der Waals surface area contributed by atoms with Gasteiger partial charge in [0.2, 0.25) is 0 Å². The molecule has 0 atom stereocenters. The highest BCUT2D eigenvalue weighted by Crippen LogP contribution is 2.09. The molecule has 0 saturated heterocycles. The number of para-hydroxylation sites is 1. The van der Waals surface area contributed by atoms with Crippen molar-refractivity contribution < 1.29 is 4.52 Å². The van der Waals surface area contributed by atoms with Crippen LogP contribution in [-0.4, -0.2) is 0 Å². The van der Waals surface area contributed by atoms with E-state index in [-0.39, 0.29) is 0 Å². The Morgan fingerprint density at radius 2 is 1.75 bits per heavy atom. The Kier molecular flexibility index (Phi) is 1.87. The van der Waals surface area contributed by atoms with Gasteiger partial charge in [0.15, 0.2) is 0 Å². The lowest BCUT2D eigenvalue weighted by molar-refractivity contribution is 0.646. The normalized spacial score (nSPS) is 8.62. The molecule has 0 N–H and O–H groups in total. The molecular formula is C6H6OP. The first-order valence-electron chi connectivity index (χ1n) is 2.32. The van der Waals surface area contributed by atoms with Gasteiger partial charge in [-0.3, -0.25) is 0 Å². The second-order valence-electron chi connectivity index (χ2n) is 1.42. The Bertz CT molecular complexity index is 150. The third-order valence-corrected chi connectivity index (χ3v) is 1.10. The maximum Gasteiger partial charge on any atom is 0.135 e. The van der Waals surface area contributed by atoms with Gasteiger partial charge in [0.05, 0.1) is 0 Å². The van der Waals surface area contributed by atoms with Crippen LogP contribution in [0.3, 0.4) is 0 Å². The van der Waals surface area contributed by atoms with Gasteiger partial charge in [-0.15, -0.1) is 0 Å². The second kappa shape index (κ2) is 2.68. The number of benzene rings is 1. The van der Waals surface area contributed by atoms with Crippen molar-refractivity contribution in [2.24, 2.45) is 0 Å². The molecule has 0 amide bonds. The average Bonchev–Trinajstić information content (AvgIpc) is 1.90. The minimum atomic E-state index is 0.823. The Balaban J connectivity index is 2.83. The van der Waals surface area contributed by atoms with E-state index in [2.05, 4.69) is 9.47 Å². The summed E-state index contributed by atoms with van der Waals surface area (Å²) in [4.78, 5) is 0. The maximum atomic E-state index is 4.72. The van der Waals surface area contributed by atoms with Gasteiger partial charge in [-0.2, -0.15) is 0 Å². The lowest BCUT2D eigenvalue weighted by Crippen LogP contribution is -1.68. The highest BCUT2D eigenvalue weighted by atomic mass is 31.0. The summed E-state index contributed by atoms with van der Waals surface area (Å²) >= 11 is 0. The van der Waals surface area contributed by atoms with Crippen LogP contribution in [-0.2, 0) is 0 Å². The fraction of sp³-hybridized carbons (Fsp3) is 0. The summed E-state index contributed by atoms with van der Waals surface area (Å²) in [5.41, 5.74) is 0. The van der Waals surface area contributed by atoms with E-state index >= 15 is 0 Å². The molecule has 0 aliphatic carbocycles. The predicted octanol–water partition coefficient (Wildman–Crippen LogP) is 2.12. The fourth-order valence-corrected chi connectivity index (χ4v) is 0.625. The molecule has 1 radical (unpaired) electrons. The summed E-state index contributed by atoms with van der Waals surface area (Å²) in [5, 5.41) is 0. The number of rotatable bonds is 1. The van der Waals surface area contributed by atoms with Crippen molar-refractivity contribution in [2.45, 2.75) is 0 Å². The van der Waals surface area contributed by atoms with Crippen molar-refractivity contribution in [3.8, 4) is 5.75 Å². The largest absolute Gasteiger partial charge is 0.470 e. The molecule has 0 spiro atoms. The first-order valence-corrected chi connectivity index (χ1v) is 2.73. The van der Waals surface area contributed by atoms with Crippen molar-refractivity contribution in [3.05, 3.63) is 30.3 Å². The topological polar surface area (TPSA) is 9.23 Å². The summed E-state index contributed by atoms with van der Waals surface area (Å²) in [6.07, 6.45) is 0. The van der Waals surface area contributed by atoms with E-state index in [1.807, 2.05) is 30.3 Å².